The van der Waals surface area contributed by atoms with Crippen molar-refractivity contribution < 1.29 is 23.6 Å². The average Bonchev–Trinajstić information content (AvgIpc) is 3.23. The summed E-state index contributed by atoms with van der Waals surface area (Å²) in [5, 5.41) is 11.9. The van der Waals surface area contributed by atoms with Crippen molar-refractivity contribution in [1.29, 1.82) is 0 Å². The van der Waals surface area contributed by atoms with E-state index in [0.29, 0.717) is 15.8 Å². The number of furan rings is 1. The van der Waals surface area contributed by atoms with E-state index >= 15 is 0 Å². The molecule has 0 spiro atoms. The summed E-state index contributed by atoms with van der Waals surface area (Å²) in [6.07, 6.45) is 1.14. The van der Waals surface area contributed by atoms with E-state index in [-0.39, 0.29) is 33.7 Å². The highest BCUT2D eigenvalue weighted by Crippen LogP contribution is 2.23. The number of hydrazone groups is 1. The summed E-state index contributed by atoms with van der Waals surface area (Å²) in [7, 11) is 0. The summed E-state index contributed by atoms with van der Waals surface area (Å²) in [4.78, 5) is 47.9. The van der Waals surface area contributed by atoms with Gasteiger partial charge in [-0.15, -0.1) is 0 Å². The van der Waals surface area contributed by atoms with Gasteiger partial charge in [0.05, 0.1) is 12.8 Å². The van der Waals surface area contributed by atoms with Crippen molar-refractivity contribution in [2.24, 2.45) is 5.10 Å². The van der Waals surface area contributed by atoms with Gasteiger partial charge < -0.3 is 20.4 Å². The number of rotatable bonds is 6. The number of anilines is 2. The summed E-state index contributed by atoms with van der Waals surface area (Å²) in [5.74, 6) is -3.38. The second-order valence-corrected chi connectivity index (χ2v) is 8.66. The number of hydrogen-bond donors (Lipinski definition) is 4. The van der Waals surface area contributed by atoms with Crippen LogP contribution in [-0.2, 0) is 25.7 Å². The second kappa shape index (κ2) is 12.4. The van der Waals surface area contributed by atoms with Crippen molar-refractivity contribution in [3.63, 3.8) is 0 Å². The fraction of sp³-hybridized carbons (Fsp3) is 0.0455. The lowest BCUT2D eigenvalue weighted by Crippen LogP contribution is -2.34. The maximum absolute atomic E-state index is 12.0. The lowest BCUT2D eigenvalue weighted by Gasteiger charge is -2.06. The Morgan fingerprint density at radius 3 is 1.75 bits per heavy atom. The average molecular weight is 571 g/mol. The van der Waals surface area contributed by atoms with Crippen LogP contribution in [0.25, 0.3) is 0 Å². The standard InChI is InChI=1S/C22H15Cl4N5O5/c23-11-3-12(24)6-15(5-11)29-20(33)19(32)27-9-17-1-2-18(36-17)10-28-31-22(35)21(34)30-16-7-13(25)4-14(26)8-16/h1-8,10H,9H2,(H,27,32)(H,29,33)(H,30,34)(H,31,35)/b28-10+. The Morgan fingerprint density at radius 2 is 1.22 bits per heavy atom. The van der Waals surface area contributed by atoms with Crippen molar-refractivity contribution in [2.75, 3.05) is 10.6 Å². The van der Waals surface area contributed by atoms with Gasteiger partial charge in [-0.25, -0.2) is 5.43 Å². The number of carbonyl (C=O) groups excluding carboxylic acids is 4. The van der Waals surface area contributed by atoms with Crippen LogP contribution < -0.4 is 21.4 Å². The molecule has 3 aromatic rings. The first-order chi connectivity index (χ1) is 17.1. The molecule has 0 saturated heterocycles. The number of amides is 4. The van der Waals surface area contributed by atoms with Gasteiger partial charge in [0.2, 0.25) is 0 Å². The summed E-state index contributed by atoms with van der Waals surface area (Å²) in [6.45, 7) is -0.104. The zero-order valence-corrected chi connectivity index (χ0v) is 20.9. The summed E-state index contributed by atoms with van der Waals surface area (Å²) in [5.41, 5.74) is 2.53. The van der Waals surface area contributed by atoms with Crippen molar-refractivity contribution in [2.45, 2.75) is 6.54 Å². The third kappa shape index (κ3) is 8.28. The Bertz CT molecular complexity index is 1320. The molecule has 0 aliphatic heterocycles. The SMILES string of the molecule is O=C(NCc1ccc(/C=N/NC(=O)C(=O)Nc2cc(Cl)cc(Cl)c2)o1)C(=O)Nc1cc(Cl)cc(Cl)c1. The number of carbonyl (C=O) groups is 4. The normalized spacial score (nSPS) is 10.7. The number of hydrogen-bond acceptors (Lipinski definition) is 6. The van der Waals surface area contributed by atoms with Crippen molar-refractivity contribution in [1.82, 2.24) is 10.7 Å². The molecule has 4 amide bonds. The molecule has 36 heavy (non-hydrogen) atoms. The molecule has 0 atom stereocenters. The third-order valence-electron chi connectivity index (χ3n) is 4.12. The van der Waals surface area contributed by atoms with Gasteiger partial charge in [-0.3, -0.25) is 19.2 Å². The lowest BCUT2D eigenvalue weighted by atomic mass is 10.3. The van der Waals surface area contributed by atoms with Gasteiger partial charge in [-0.2, -0.15) is 5.10 Å². The van der Waals surface area contributed by atoms with Crippen molar-refractivity contribution in [3.8, 4) is 0 Å². The monoisotopic (exact) mass is 569 g/mol. The van der Waals surface area contributed by atoms with Crippen molar-refractivity contribution in [3.05, 3.63) is 80.1 Å². The van der Waals surface area contributed by atoms with Crippen LogP contribution >= 0.6 is 46.4 Å². The summed E-state index contributed by atoms with van der Waals surface area (Å²) in [6, 6.07) is 11.7. The van der Waals surface area contributed by atoms with Crippen molar-refractivity contribution >= 4 is 87.6 Å². The van der Waals surface area contributed by atoms with Crippen LogP contribution in [0.4, 0.5) is 11.4 Å². The molecule has 0 aliphatic carbocycles. The molecule has 0 radical (unpaired) electrons. The zero-order valence-electron chi connectivity index (χ0n) is 17.9. The smallest absolute Gasteiger partial charge is 0.329 e. The lowest BCUT2D eigenvalue weighted by molar-refractivity contribution is -0.136. The summed E-state index contributed by atoms with van der Waals surface area (Å²) < 4.78 is 5.42. The molecular formula is C22H15Cl4N5O5. The first kappa shape index (κ1) is 27.0. The molecule has 1 heterocycles. The highest BCUT2D eigenvalue weighted by Gasteiger charge is 2.16. The molecule has 0 unspecified atom stereocenters. The quantitative estimate of drug-likeness (QED) is 0.199. The fourth-order valence-corrected chi connectivity index (χ4v) is 3.69. The van der Waals surface area contributed by atoms with E-state index in [1.807, 2.05) is 5.43 Å². The van der Waals surface area contributed by atoms with Gasteiger partial charge >= 0.3 is 23.6 Å². The number of nitrogens with zero attached hydrogens (tertiary/aromatic N) is 1. The Kier molecular flexibility index (Phi) is 9.31. The van der Waals surface area contributed by atoms with E-state index in [9.17, 15) is 19.2 Å². The predicted molar refractivity (Wildman–Crippen MR) is 136 cm³/mol. The van der Waals surface area contributed by atoms with Gasteiger partial charge in [0.1, 0.15) is 11.5 Å². The molecule has 1 aromatic heterocycles. The minimum atomic E-state index is -1.05. The van der Waals surface area contributed by atoms with Crippen LogP contribution in [0.5, 0.6) is 0 Å². The predicted octanol–water partition coefficient (Wildman–Crippen LogP) is 4.24. The van der Waals surface area contributed by atoms with Crippen LogP contribution in [0.2, 0.25) is 20.1 Å². The molecule has 2 aromatic carbocycles. The van der Waals surface area contributed by atoms with Crippen LogP contribution in [0.1, 0.15) is 11.5 Å². The van der Waals surface area contributed by atoms with Crippen LogP contribution in [0.3, 0.4) is 0 Å². The Balaban J connectivity index is 1.45. The number of halogens is 4. The minimum Gasteiger partial charge on any atom is -0.458 e. The Labute approximate surface area is 223 Å². The Hall–Kier alpha value is -3.57. The van der Waals surface area contributed by atoms with E-state index in [1.54, 1.807) is 0 Å². The molecule has 0 fully saturated rings. The molecule has 0 aliphatic rings. The Morgan fingerprint density at radius 1 is 0.722 bits per heavy atom. The van der Waals surface area contributed by atoms with Gasteiger partial charge in [-0.1, -0.05) is 46.4 Å². The summed E-state index contributed by atoms with van der Waals surface area (Å²) >= 11 is 23.4. The van der Waals surface area contributed by atoms with E-state index < -0.39 is 23.6 Å². The van der Waals surface area contributed by atoms with Gasteiger partial charge in [0, 0.05) is 31.5 Å². The molecule has 186 valence electrons. The number of nitrogens with one attached hydrogen (secondary N) is 4. The molecule has 0 bridgehead atoms. The highest BCUT2D eigenvalue weighted by atomic mass is 35.5. The van der Waals surface area contributed by atoms with E-state index in [0.717, 1.165) is 6.21 Å². The molecular weight excluding hydrogens is 556 g/mol. The van der Waals surface area contributed by atoms with Crippen LogP contribution in [-0.4, -0.2) is 29.8 Å². The molecule has 4 N–H and O–H groups in total. The van der Waals surface area contributed by atoms with Gasteiger partial charge in [0.25, 0.3) is 0 Å². The molecule has 0 saturated carbocycles. The molecule has 10 nitrogen and oxygen atoms in total. The first-order valence-electron chi connectivity index (χ1n) is 9.83. The van der Waals surface area contributed by atoms with E-state index in [4.69, 9.17) is 50.8 Å². The van der Waals surface area contributed by atoms with E-state index in [1.165, 1.54) is 48.5 Å². The molecule has 3 rings (SSSR count). The van der Waals surface area contributed by atoms with Gasteiger partial charge in [-0.05, 0) is 48.5 Å². The van der Waals surface area contributed by atoms with E-state index in [2.05, 4.69) is 21.1 Å². The largest absolute Gasteiger partial charge is 0.458 e. The maximum Gasteiger partial charge on any atom is 0.329 e. The van der Waals surface area contributed by atoms with Crippen LogP contribution in [0.15, 0.2) is 58.0 Å². The maximum atomic E-state index is 12.0. The van der Waals surface area contributed by atoms with Gasteiger partial charge in [0.15, 0.2) is 0 Å². The highest BCUT2D eigenvalue weighted by molar-refractivity contribution is 6.41. The first-order valence-corrected chi connectivity index (χ1v) is 11.3. The van der Waals surface area contributed by atoms with Crippen LogP contribution in [0, 0.1) is 0 Å². The fourth-order valence-electron chi connectivity index (χ4n) is 2.64. The minimum absolute atomic E-state index is 0.104. The number of benzene rings is 2. The molecule has 14 heteroatoms. The zero-order chi connectivity index (χ0) is 26.2. The third-order valence-corrected chi connectivity index (χ3v) is 4.99. The second-order valence-electron chi connectivity index (χ2n) is 6.91. The topological polar surface area (TPSA) is 142 Å².